The van der Waals surface area contributed by atoms with Gasteiger partial charge in [-0.25, -0.2) is 14.9 Å². The number of hydrogen-bond acceptors (Lipinski definition) is 5. The molecule has 3 heterocycles. The summed E-state index contributed by atoms with van der Waals surface area (Å²) < 4.78 is 0. The number of benzene rings is 1. The first kappa shape index (κ1) is 14.6. The van der Waals surface area contributed by atoms with Crippen molar-refractivity contribution >= 4 is 23.3 Å². The summed E-state index contributed by atoms with van der Waals surface area (Å²) in [5, 5.41) is 0. The summed E-state index contributed by atoms with van der Waals surface area (Å²) in [6.45, 7) is 1.08. The molecule has 0 spiro atoms. The van der Waals surface area contributed by atoms with Gasteiger partial charge in [0.05, 0.1) is 17.5 Å². The zero-order chi connectivity index (χ0) is 17.0. The number of imide groups is 1. The van der Waals surface area contributed by atoms with Crippen LogP contribution in [0, 0.1) is 11.8 Å². The maximum atomic E-state index is 12.8. The Balaban J connectivity index is 1.39. The molecule has 6 nitrogen and oxygen atoms in total. The van der Waals surface area contributed by atoms with Crippen LogP contribution in [0.5, 0.6) is 0 Å². The minimum atomic E-state index is -0.285. The fraction of sp³-hybridized carbons (Fsp3) is 0.368. The molecule has 2 aliphatic heterocycles. The fourth-order valence-corrected chi connectivity index (χ4v) is 3.84. The molecule has 6 heteroatoms. The lowest BCUT2D eigenvalue weighted by Gasteiger charge is -2.21. The van der Waals surface area contributed by atoms with E-state index in [0.29, 0.717) is 24.7 Å². The Labute approximate surface area is 145 Å². The van der Waals surface area contributed by atoms with Gasteiger partial charge in [-0.05, 0) is 31.0 Å². The van der Waals surface area contributed by atoms with Gasteiger partial charge in [0.15, 0.2) is 0 Å². The summed E-state index contributed by atoms with van der Waals surface area (Å²) in [4.78, 5) is 38.0. The molecule has 1 saturated carbocycles. The second-order valence-corrected chi connectivity index (χ2v) is 7.01. The number of fused-ring (bicyclic) bond motifs is 1. The van der Waals surface area contributed by atoms with Crippen molar-refractivity contribution < 1.29 is 9.59 Å². The molecule has 0 bridgehead atoms. The highest BCUT2D eigenvalue weighted by molar-refractivity contribution is 6.22. The van der Waals surface area contributed by atoms with Crippen LogP contribution < -0.4 is 9.80 Å². The van der Waals surface area contributed by atoms with Gasteiger partial charge in [0.1, 0.15) is 11.6 Å². The number of rotatable bonds is 3. The Morgan fingerprint density at radius 2 is 1.60 bits per heavy atom. The lowest BCUT2D eigenvalue weighted by Crippen LogP contribution is -2.36. The smallest absolute Gasteiger partial charge is 0.239 e. The van der Waals surface area contributed by atoms with Crippen molar-refractivity contribution in [2.45, 2.75) is 18.8 Å². The van der Waals surface area contributed by atoms with Crippen LogP contribution in [0.15, 0.2) is 42.6 Å². The first-order valence-corrected chi connectivity index (χ1v) is 8.73. The zero-order valence-corrected chi connectivity index (χ0v) is 13.7. The largest absolute Gasteiger partial charge is 0.355 e. The van der Waals surface area contributed by atoms with E-state index in [2.05, 4.69) is 14.9 Å². The summed E-state index contributed by atoms with van der Waals surface area (Å²) in [6.07, 6.45) is 4.08. The minimum Gasteiger partial charge on any atom is -0.355 e. The Bertz CT molecular complexity index is 826. The van der Waals surface area contributed by atoms with Crippen molar-refractivity contribution in [3.8, 4) is 0 Å². The molecule has 2 saturated heterocycles. The van der Waals surface area contributed by atoms with Gasteiger partial charge in [-0.3, -0.25) is 9.59 Å². The maximum absolute atomic E-state index is 12.8. The second-order valence-electron chi connectivity index (χ2n) is 7.01. The van der Waals surface area contributed by atoms with E-state index in [1.807, 2.05) is 24.3 Å². The van der Waals surface area contributed by atoms with Gasteiger partial charge < -0.3 is 4.90 Å². The number of amides is 2. The van der Waals surface area contributed by atoms with Crippen LogP contribution in [0.3, 0.4) is 0 Å². The van der Waals surface area contributed by atoms with Crippen molar-refractivity contribution in [3.63, 3.8) is 0 Å². The molecular weight excluding hydrogens is 316 g/mol. The number of anilines is 2. The molecule has 0 N–H and O–H groups in total. The third-order valence-corrected chi connectivity index (χ3v) is 5.34. The molecule has 126 valence electrons. The first-order chi connectivity index (χ1) is 12.2. The summed E-state index contributed by atoms with van der Waals surface area (Å²) in [7, 11) is 0. The monoisotopic (exact) mass is 334 g/mol. The van der Waals surface area contributed by atoms with Crippen LogP contribution >= 0.6 is 0 Å². The van der Waals surface area contributed by atoms with E-state index in [0.717, 1.165) is 24.5 Å². The second kappa shape index (κ2) is 5.37. The summed E-state index contributed by atoms with van der Waals surface area (Å²) in [5.74, 6) is 1.44. The molecular formula is C19H18N4O2. The Morgan fingerprint density at radius 3 is 2.24 bits per heavy atom. The van der Waals surface area contributed by atoms with Gasteiger partial charge in [-0.15, -0.1) is 0 Å². The number of carbonyl (C=O) groups is 2. The van der Waals surface area contributed by atoms with Gasteiger partial charge in [-0.1, -0.05) is 18.2 Å². The van der Waals surface area contributed by atoms with E-state index >= 15 is 0 Å². The molecule has 0 radical (unpaired) electrons. The lowest BCUT2D eigenvalue weighted by atomic mass is 10.00. The van der Waals surface area contributed by atoms with Crippen LogP contribution in [0.2, 0.25) is 0 Å². The third kappa shape index (κ3) is 2.32. The summed E-state index contributed by atoms with van der Waals surface area (Å²) in [5.41, 5.74) is 0.663. The van der Waals surface area contributed by atoms with E-state index in [1.54, 1.807) is 18.3 Å². The van der Waals surface area contributed by atoms with E-state index in [9.17, 15) is 9.59 Å². The molecule has 1 aromatic heterocycles. The normalized spacial score (nSPS) is 25.6. The SMILES string of the molecule is O=C1C2CN(c3ccnc(C4CC4)n3)CC2C(=O)N1c1ccccc1. The highest BCUT2D eigenvalue weighted by Gasteiger charge is 2.53. The van der Waals surface area contributed by atoms with Crippen LogP contribution in [-0.2, 0) is 9.59 Å². The first-order valence-electron chi connectivity index (χ1n) is 8.73. The van der Waals surface area contributed by atoms with E-state index < -0.39 is 0 Å². The predicted octanol–water partition coefficient (Wildman–Crippen LogP) is 1.98. The highest BCUT2D eigenvalue weighted by atomic mass is 16.2. The fourth-order valence-electron chi connectivity index (χ4n) is 3.84. The Kier molecular flexibility index (Phi) is 3.13. The average molecular weight is 334 g/mol. The summed E-state index contributed by atoms with van der Waals surface area (Å²) >= 11 is 0. The van der Waals surface area contributed by atoms with Crippen molar-refractivity contribution in [1.29, 1.82) is 0 Å². The standard InChI is InChI=1S/C19H18N4O2/c24-18-14-10-22(16-8-9-20-17(21-16)12-6-7-12)11-15(14)19(25)23(18)13-4-2-1-3-5-13/h1-5,8-9,12,14-15H,6-7,10-11H2. The molecule has 3 aliphatic rings. The van der Waals surface area contributed by atoms with Gasteiger partial charge in [0.2, 0.25) is 11.8 Å². The van der Waals surface area contributed by atoms with Crippen molar-refractivity contribution in [1.82, 2.24) is 9.97 Å². The topological polar surface area (TPSA) is 66.4 Å². The van der Waals surface area contributed by atoms with E-state index in [4.69, 9.17) is 0 Å². The molecule has 1 aromatic carbocycles. The van der Waals surface area contributed by atoms with E-state index in [-0.39, 0.29) is 23.7 Å². The summed E-state index contributed by atoms with van der Waals surface area (Å²) in [6, 6.07) is 11.1. The van der Waals surface area contributed by atoms with Gasteiger partial charge in [-0.2, -0.15) is 0 Å². The molecule has 2 unspecified atom stereocenters. The zero-order valence-electron chi connectivity index (χ0n) is 13.7. The van der Waals surface area contributed by atoms with Crippen molar-refractivity contribution in [2.75, 3.05) is 22.9 Å². The number of nitrogens with zero attached hydrogens (tertiary/aromatic N) is 4. The highest BCUT2D eigenvalue weighted by Crippen LogP contribution is 2.40. The van der Waals surface area contributed by atoms with Crippen molar-refractivity contribution in [2.24, 2.45) is 11.8 Å². The van der Waals surface area contributed by atoms with Crippen LogP contribution in [0.4, 0.5) is 11.5 Å². The molecule has 3 fully saturated rings. The number of hydrogen-bond donors (Lipinski definition) is 0. The van der Waals surface area contributed by atoms with Crippen LogP contribution in [-0.4, -0.2) is 34.9 Å². The molecule has 25 heavy (non-hydrogen) atoms. The van der Waals surface area contributed by atoms with Crippen LogP contribution in [0.25, 0.3) is 0 Å². The molecule has 2 aromatic rings. The Hall–Kier alpha value is -2.76. The molecule has 2 amide bonds. The van der Waals surface area contributed by atoms with Crippen LogP contribution in [0.1, 0.15) is 24.6 Å². The predicted molar refractivity (Wildman–Crippen MR) is 92.1 cm³/mol. The van der Waals surface area contributed by atoms with Crippen molar-refractivity contribution in [3.05, 3.63) is 48.4 Å². The Morgan fingerprint density at radius 1 is 0.920 bits per heavy atom. The number of carbonyl (C=O) groups excluding carboxylic acids is 2. The number of para-hydroxylation sites is 1. The quantitative estimate of drug-likeness (QED) is 0.803. The lowest BCUT2D eigenvalue weighted by molar-refractivity contribution is -0.122. The maximum Gasteiger partial charge on any atom is 0.239 e. The van der Waals surface area contributed by atoms with E-state index in [1.165, 1.54) is 4.90 Å². The number of aromatic nitrogens is 2. The third-order valence-electron chi connectivity index (χ3n) is 5.34. The minimum absolute atomic E-state index is 0.0971. The van der Waals surface area contributed by atoms with Gasteiger partial charge in [0, 0.05) is 25.2 Å². The average Bonchev–Trinajstić information content (AvgIpc) is 3.35. The molecule has 1 aliphatic carbocycles. The molecule has 5 rings (SSSR count). The van der Waals surface area contributed by atoms with Gasteiger partial charge >= 0.3 is 0 Å². The van der Waals surface area contributed by atoms with Gasteiger partial charge in [0.25, 0.3) is 0 Å². The molecule has 2 atom stereocenters.